The van der Waals surface area contributed by atoms with Crippen LogP contribution in [0, 0.1) is 6.92 Å². The first-order valence-electron chi connectivity index (χ1n) is 6.82. The number of halogens is 1. The fraction of sp³-hybridized carbons (Fsp3) is 0.375. The van der Waals surface area contributed by atoms with Gasteiger partial charge in [-0.1, -0.05) is 30.3 Å². The largest absolute Gasteiger partial charge is 0.329 e. The Labute approximate surface area is 133 Å². The summed E-state index contributed by atoms with van der Waals surface area (Å²) in [5, 5.41) is 0. The number of benzene rings is 1. The summed E-state index contributed by atoms with van der Waals surface area (Å²) >= 11 is 5.42. The Kier molecular flexibility index (Phi) is 5.78. The molecule has 0 saturated heterocycles. The molecule has 2 rings (SSSR count). The molecular weight excluding hydrogens is 332 g/mol. The summed E-state index contributed by atoms with van der Waals surface area (Å²) in [6.45, 7) is 3.80. The van der Waals surface area contributed by atoms with Crippen LogP contribution in [0.15, 0.2) is 40.9 Å². The number of nitrogens with zero attached hydrogens (tertiary/aromatic N) is 1. The predicted molar refractivity (Wildman–Crippen MR) is 91.3 cm³/mol. The van der Waals surface area contributed by atoms with Crippen molar-refractivity contribution < 1.29 is 0 Å². The summed E-state index contributed by atoms with van der Waals surface area (Å²) < 4.78 is 1.19. The van der Waals surface area contributed by atoms with Crippen LogP contribution in [0.4, 0.5) is 0 Å². The van der Waals surface area contributed by atoms with E-state index in [0.29, 0.717) is 12.6 Å². The average Bonchev–Trinajstić information content (AvgIpc) is 2.78. The maximum Gasteiger partial charge on any atom is 0.0562 e. The van der Waals surface area contributed by atoms with E-state index in [2.05, 4.69) is 71.2 Å². The number of thiophene rings is 1. The van der Waals surface area contributed by atoms with Crippen LogP contribution in [0.5, 0.6) is 0 Å². The van der Waals surface area contributed by atoms with Crippen LogP contribution in [-0.2, 0) is 6.42 Å². The molecule has 0 aliphatic heterocycles. The summed E-state index contributed by atoms with van der Waals surface area (Å²) in [6.07, 6.45) is 1.05. The molecule has 2 aromatic rings. The molecule has 20 heavy (non-hydrogen) atoms. The van der Waals surface area contributed by atoms with E-state index >= 15 is 0 Å². The third-order valence-corrected chi connectivity index (χ3v) is 5.79. The van der Waals surface area contributed by atoms with Crippen molar-refractivity contribution in [2.45, 2.75) is 19.4 Å². The highest BCUT2D eigenvalue weighted by Gasteiger charge is 2.18. The number of aryl methyl sites for hydroxylation is 1. The monoisotopic (exact) mass is 352 g/mol. The zero-order chi connectivity index (χ0) is 14.5. The van der Waals surface area contributed by atoms with Gasteiger partial charge in [-0.25, -0.2) is 0 Å². The van der Waals surface area contributed by atoms with Crippen molar-refractivity contribution in [2.24, 2.45) is 5.73 Å². The van der Waals surface area contributed by atoms with Gasteiger partial charge in [0.2, 0.25) is 0 Å². The number of hydrogen-bond acceptors (Lipinski definition) is 3. The second kappa shape index (κ2) is 7.36. The van der Waals surface area contributed by atoms with E-state index in [1.54, 1.807) is 0 Å². The van der Waals surface area contributed by atoms with E-state index in [4.69, 9.17) is 5.73 Å². The molecule has 0 aliphatic carbocycles. The first-order valence-corrected chi connectivity index (χ1v) is 8.43. The van der Waals surface area contributed by atoms with Gasteiger partial charge in [0.05, 0.1) is 6.04 Å². The summed E-state index contributed by atoms with van der Waals surface area (Å²) in [4.78, 5) is 5.01. The summed E-state index contributed by atoms with van der Waals surface area (Å²) in [5.74, 6) is 0. The molecule has 0 bridgehead atoms. The fourth-order valence-corrected chi connectivity index (χ4v) is 4.00. The molecule has 0 fully saturated rings. The number of nitrogens with two attached hydrogens (primary N) is 1. The Hall–Kier alpha value is -0.680. The number of likely N-dealkylation sites (N-methyl/N-ethyl adjacent to an activating group) is 1. The molecule has 0 spiro atoms. The molecule has 2 N–H and O–H groups in total. The molecular formula is C16H21BrN2S. The van der Waals surface area contributed by atoms with Crippen LogP contribution in [0.25, 0.3) is 0 Å². The van der Waals surface area contributed by atoms with Gasteiger partial charge >= 0.3 is 0 Å². The Morgan fingerprint density at radius 2 is 2.00 bits per heavy atom. The van der Waals surface area contributed by atoms with Gasteiger partial charge < -0.3 is 5.73 Å². The average molecular weight is 353 g/mol. The van der Waals surface area contributed by atoms with Gasteiger partial charge in [0.1, 0.15) is 0 Å². The minimum absolute atomic E-state index is 0.300. The molecule has 2 nitrogen and oxygen atoms in total. The quantitative estimate of drug-likeness (QED) is 0.851. The summed E-state index contributed by atoms with van der Waals surface area (Å²) in [7, 11) is 2.16. The highest BCUT2D eigenvalue weighted by Crippen LogP contribution is 2.32. The van der Waals surface area contributed by atoms with Crippen LogP contribution >= 0.6 is 27.3 Å². The zero-order valence-corrected chi connectivity index (χ0v) is 14.4. The predicted octanol–water partition coefficient (Wildman–Crippen LogP) is 3.99. The molecule has 0 amide bonds. The lowest BCUT2D eigenvalue weighted by atomic mass is 10.1. The molecule has 0 radical (unpaired) electrons. The maximum atomic E-state index is 5.98. The van der Waals surface area contributed by atoms with Crippen molar-refractivity contribution in [3.8, 4) is 0 Å². The van der Waals surface area contributed by atoms with Crippen molar-refractivity contribution in [1.29, 1.82) is 0 Å². The first kappa shape index (κ1) is 15.7. The number of rotatable bonds is 6. The second-order valence-electron chi connectivity index (χ2n) is 5.02. The summed E-state index contributed by atoms with van der Waals surface area (Å²) in [6, 6.07) is 13.1. The lowest BCUT2D eigenvalue weighted by Gasteiger charge is -2.26. The van der Waals surface area contributed by atoms with Crippen molar-refractivity contribution in [3.05, 3.63) is 56.2 Å². The molecule has 0 aliphatic rings. The van der Waals surface area contributed by atoms with Crippen LogP contribution < -0.4 is 5.73 Å². The molecule has 1 unspecified atom stereocenters. The molecule has 1 heterocycles. The molecule has 1 aromatic heterocycles. The van der Waals surface area contributed by atoms with Crippen LogP contribution in [0.1, 0.15) is 21.4 Å². The minimum Gasteiger partial charge on any atom is -0.329 e. The summed E-state index contributed by atoms with van der Waals surface area (Å²) in [5.41, 5.74) is 7.36. The normalized spacial score (nSPS) is 12.8. The molecule has 4 heteroatoms. The Bertz CT molecular complexity index is 519. The van der Waals surface area contributed by atoms with Crippen LogP contribution in [-0.4, -0.2) is 25.0 Å². The molecule has 1 aromatic carbocycles. The van der Waals surface area contributed by atoms with Crippen molar-refractivity contribution in [2.75, 3.05) is 20.1 Å². The van der Waals surface area contributed by atoms with Gasteiger partial charge in [-0.2, -0.15) is 0 Å². The van der Waals surface area contributed by atoms with Crippen molar-refractivity contribution >= 4 is 27.3 Å². The topological polar surface area (TPSA) is 29.3 Å². The first-order chi connectivity index (χ1) is 9.61. The van der Waals surface area contributed by atoms with Crippen LogP contribution in [0.3, 0.4) is 0 Å². The van der Waals surface area contributed by atoms with Gasteiger partial charge in [0.15, 0.2) is 0 Å². The van der Waals surface area contributed by atoms with E-state index in [1.165, 1.54) is 19.8 Å². The lowest BCUT2D eigenvalue weighted by Crippen LogP contribution is -2.31. The van der Waals surface area contributed by atoms with E-state index < -0.39 is 0 Å². The molecule has 108 valence electrons. The SMILES string of the molecule is Cc1sc(C(CN)N(C)CCc2ccccc2)cc1Br. The van der Waals surface area contributed by atoms with Crippen molar-refractivity contribution in [3.63, 3.8) is 0 Å². The minimum atomic E-state index is 0.300. The maximum absolute atomic E-state index is 5.98. The van der Waals surface area contributed by atoms with E-state index in [-0.39, 0.29) is 0 Å². The van der Waals surface area contributed by atoms with E-state index in [9.17, 15) is 0 Å². The van der Waals surface area contributed by atoms with Gasteiger partial charge in [-0.3, -0.25) is 4.90 Å². The highest BCUT2D eigenvalue weighted by molar-refractivity contribution is 9.10. The van der Waals surface area contributed by atoms with Crippen LogP contribution in [0.2, 0.25) is 0 Å². The number of hydrogen-bond donors (Lipinski definition) is 1. The molecule has 0 saturated carbocycles. The second-order valence-corrected chi connectivity index (χ2v) is 7.16. The fourth-order valence-electron chi connectivity index (χ4n) is 2.27. The van der Waals surface area contributed by atoms with Crippen molar-refractivity contribution in [1.82, 2.24) is 4.90 Å². The third kappa shape index (κ3) is 3.92. The standard InChI is InChI=1S/C16H21BrN2S/c1-12-14(17)10-16(20-12)15(11-18)19(2)9-8-13-6-4-3-5-7-13/h3-7,10,15H,8-9,11,18H2,1-2H3. The van der Waals surface area contributed by atoms with Gasteiger partial charge in [0.25, 0.3) is 0 Å². The highest BCUT2D eigenvalue weighted by atomic mass is 79.9. The smallest absolute Gasteiger partial charge is 0.0562 e. The lowest BCUT2D eigenvalue weighted by molar-refractivity contribution is 0.256. The molecule has 1 atom stereocenters. The van der Waals surface area contributed by atoms with Gasteiger partial charge in [-0.05, 0) is 48.0 Å². The van der Waals surface area contributed by atoms with Gasteiger partial charge in [-0.15, -0.1) is 11.3 Å². The third-order valence-electron chi connectivity index (χ3n) is 3.56. The Balaban J connectivity index is 2.00. The Morgan fingerprint density at radius 1 is 1.30 bits per heavy atom. The zero-order valence-electron chi connectivity index (χ0n) is 12.0. The van der Waals surface area contributed by atoms with E-state index in [0.717, 1.165) is 13.0 Å². The Morgan fingerprint density at radius 3 is 2.55 bits per heavy atom. The van der Waals surface area contributed by atoms with E-state index in [1.807, 2.05) is 11.3 Å². The van der Waals surface area contributed by atoms with Gasteiger partial charge in [0, 0.05) is 27.3 Å².